The van der Waals surface area contributed by atoms with Crippen LogP contribution >= 0.6 is 22.6 Å². The Balaban J connectivity index is 2.99. The first-order valence-electron chi connectivity index (χ1n) is 4.92. The third-order valence-electron chi connectivity index (χ3n) is 3.06. The average Bonchev–Trinajstić information content (AvgIpc) is 2.65. The monoisotopic (exact) mass is 342 g/mol. The molecule has 16 heavy (non-hydrogen) atoms. The fourth-order valence-electron chi connectivity index (χ4n) is 2.16. The number of esters is 2. The zero-order valence-corrected chi connectivity index (χ0v) is 11.4. The molecule has 1 saturated carbocycles. The summed E-state index contributed by atoms with van der Waals surface area (Å²) in [5, 5.41) is 9.79. The van der Waals surface area contributed by atoms with Crippen molar-refractivity contribution in [3.63, 3.8) is 0 Å². The van der Waals surface area contributed by atoms with Gasteiger partial charge in [0.1, 0.15) is 0 Å². The van der Waals surface area contributed by atoms with Gasteiger partial charge in [-0.05, 0) is 12.3 Å². The minimum absolute atomic E-state index is 0.0706. The largest absolute Gasteiger partial charge is 0.468 e. The Morgan fingerprint density at radius 3 is 2.12 bits per heavy atom. The van der Waals surface area contributed by atoms with Crippen LogP contribution in [0.3, 0.4) is 0 Å². The first-order valence-corrected chi connectivity index (χ1v) is 6.45. The molecule has 1 rings (SSSR count). The van der Waals surface area contributed by atoms with Crippen LogP contribution in [0.5, 0.6) is 0 Å². The minimum Gasteiger partial charge on any atom is -0.468 e. The predicted molar refractivity (Wildman–Crippen MR) is 64.1 cm³/mol. The third-order valence-corrected chi connectivity index (χ3v) is 4.19. The van der Waals surface area contributed by atoms with Gasteiger partial charge in [-0.25, -0.2) is 0 Å². The number of hydrogen-bond acceptors (Lipinski definition) is 5. The highest BCUT2D eigenvalue weighted by atomic mass is 127. The number of rotatable bonds is 3. The quantitative estimate of drug-likeness (QED) is 0.351. The standard InChI is InChI=1S/C10H15IO5/c1-15-8(13)10(9(14)16-2)3-6(5-11)7(12)4-10/h6-7,12H,3-5H2,1-2H3/t6-,7+/m1/s1. The van der Waals surface area contributed by atoms with Crippen molar-refractivity contribution in [2.75, 3.05) is 18.6 Å². The van der Waals surface area contributed by atoms with Gasteiger partial charge < -0.3 is 14.6 Å². The van der Waals surface area contributed by atoms with E-state index in [1.165, 1.54) is 14.2 Å². The number of halogens is 1. The Bertz CT molecular complexity index is 275. The summed E-state index contributed by atoms with van der Waals surface area (Å²) >= 11 is 2.13. The molecule has 0 heterocycles. The van der Waals surface area contributed by atoms with E-state index in [2.05, 4.69) is 32.1 Å². The molecule has 92 valence electrons. The van der Waals surface area contributed by atoms with E-state index < -0.39 is 23.5 Å². The van der Waals surface area contributed by atoms with E-state index in [9.17, 15) is 14.7 Å². The molecule has 0 aromatic carbocycles. The number of methoxy groups -OCH3 is 2. The number of aliphatic hydroxyl groups is 1. The van der Waals surface area contributed by atoms with Crippen molar-refractivity contribution >= 4 is 34.5 Å². The number of hydrogen-bond donors (Lipinski definition) is 1. The summed E-state index contributed by atoms with van der Waals surface area (Å²) in [5.41, 5.74) is -1.32. The SMILES string of the molecule is COC(=O)C1(C(=O)OC)C[C@H](CI)[C@@H](O)C1. The highest BCUT2D eigenvalue weighted by Crippen LogP contribution is 2.44. The van der Waals surface area contributed by atoms with Gasteiger partial charge in [-0.3, -0.25) is 9.59 Å². The Morgan fingerprint density at radius 1 is 1.31 bits per heavy atom. The second-order valence-electron chi connectivity index (χ2n) is 3.96. The summed E-state index contributed by atoms with van der Waals surface area (Å²) in [6.07, 6.45) is -0.286. The average molecular weight is 342 g/mol. The molecule has 1 N–H and O–H groups in total. The van der Waals surface area contributed by atoms with Crippen LogP contribution in [0.2, 0.25) is 0 Å². The van der Waals surface area contributed by atoms with Gasteiger partial charge in [-0.1, -0.05) is 22.6 Å². The third kappa shape index (κ3) is 2.17. The molecule has 5 nitrogen and oxygen atoms in total. The van der Waals surface area contributed by atoms with Crippen molar-refractivity contribution in [3.8, 4) is 0 Å². The smallest absolute Gasteiger partial charge is 0.323 e. The lowest BCUT2D eigenvalue weighted by Gasteiger charge is -2.22. The molecule has 1 fully saturated rings. The van der Waals surface area contributed by atoms with Crippen molar-refractivity contribution in [1.82, 2.24) is 0 Å². The Morgan fingerprint density at radius 2 is 1.81 bits per heavy atom. The van der Waals surface area contributed by atoms with Crippen LogP contribution in [-0.2, 0) is 19.1 Å². The predicted octanol–water partition coefficient (Wildman–Crippen LogP) is 0.525. The van der Waals surface area contributed by atoms with Gasteiger partial charge in [0.25, 0.3) is 0 Å². The van der Waals surface area contributed by atoms with Crippen LogP contribution in [0.15, 0.2) is 0 Å². The summed E-state index contributed by atoms with van der Waals surface area (Å²) in [6, 6.07) is 0. The molecule has 1 aliphatic carbocycles. The van der Waals surface area contributed by atoms with E-state index in [0.717, 1.165) is 0 Å². The fourth-order valence-corrected chi connectivity index (χ4v) is 3.05. The van der Waals surface area contributed by atoms with Gasteiger partial charge in [0.15, 0.2) is 5.41 Å². The highest BCUT2D eigenvalue weighted by molar-refractivity contribution is 14.1. The fraction of sp³-hybridized carbons (Fsp3) is 0.800. The molecule has 0 aromatic rings. The van der Waals surface area contributed by atoms with Gasteiger partial charge in [0, 0.05) is 10.8 Å². The number of ether oxygens (including phenoxy) is 2. The first-order chi connectivity index (χ1) is 7.51. The van der Waals surface area contributed by atoms with E-state index in [1.54, 1.807) is 0 Å². The topological polar surface area (TPSA) is 72.8 Å². The van der Waals surface area contributed by atoms with Crippen molar-refractivity contribution < 1.29 is 24.2 Å². The molecule has 0 aliphatic heterocycles. The van der Waals surface area contributed by atoms with Gasteiger partial charge in [0.05, 0.1) is 20.3 Å². The summed E-state index contributed by atoms with van der Waals surface area (Å²) in [6.45, 7) is 0. The molecule has 0 radical (unpaired) electrons. The lowest BCUT2D eigenvalue weighted by atomic mass is 9.85. The van der Waals surface area contributed by atoms with Crippen molar-refractivity contribution in [2.24, 2.45) is 11.3 Å². The molecular formula is C10H15IO5. The van der Waals surface area contributed by atoms with Gasteiger partial charge in [0.2, 0.25) is 0 Å². The molecular weight excluding hydrogens is 327 g/mol. The first kappa shape index (κ1) is 13.7. The number of aliphatic hydroxyl groups excluding tert-OH is 1. The lowest BCUT2D eigenvalue weighted by Crippen LogP contribution is -2.39. The van der Waals surface area contributed by atoms with Crippen molar-refractivity contribution in [1.29, 1.82) is 0 Å². The second kappa shape index (κ2) is 5.31. The Labute approximate surface area is 108 Å². The van der Waals surface area contributed by atoms with Crippen LogP contribution in [0.1, 0.15) is 12.8 Å². The van der Waals surface area contributed by atoms with Crippen molar-refractivity contribution in [3.05, 3.63) is 0 Å². The molecule has 6 heteroatoms. The molecule has 1 aliphatic rings. The summed E-state index contributed by atoms with van der Waals surface area (Å²) < 4.78 is 9.99. The molecule has 0 saturated heterocycles. The van der Waals surface area contributed by atoms with Crippen LogP contribution < -0.4 is 0 Å². The molecule has 0 spiro atoms. The summed E-state index contributed by atoms with van der Waals surface area (Å²) in [4.78, 5) is 23.4. The van der Waals surface area contributed by atoms with Crippen molar-refractivity contribution in [2.45, 2.75) is 18.9 Å². The van der Waals surface area contributed by atoms with Gasteiger partial charge in [-0.2, -0.15) is 0 Å². The van der Waals surface area contributed by atoms with E-state index in [4.69, 9.17) is 0 Å². The molecule has 0 aromatic heterocycles. The minimum atomic E-state index is -1.32. The van der Waals surface area contributed by atoms with E-state index in [1.807, 2.05) is 0 Å². The van der Waals surface area contributed by atoms with Gasteiger partial charge in [-0.15, -0.1) is 0 Å². The van der Waals surface area contributed by atoms with Gasteiger partial charge >= 0.3 is 11.9 Å². The van der Waals surface area contributed by atoms with Crippen LogP contribution in [0, 0.1) is 11.3 Å². The number of carbonyl (C=O) groups is 2. The maximum atomic E-state index is 11.7. The zero-order valence-electron chi connectivity index (χ0n) is 9.23. The van der Waals surface area contributed by atoms with E-state index in [-0.39, 0.29) is 18.8 Å². The second-order valence-corrected chi connectivity index (χ2v) is 4.84. The summed E-state index contributed by atoms with van der Waals surface area (Å²) in [5.74, 6) is -1.31. The Hall–Kier alpha value is -0.370. The molecule has 0 amide bonds. The Kier molecular flexibility index (Phi) is 4.54. The van der Waals surface area contributed by atoms with Crippen LogP contribution in [0.25, 0.3) is 0 Å². The summed E-state index contributed by atoms with van der Waals surface area (Å²) in [7, 11) is 2.47. The molecule has 2 atom stereocenters. The highest BCUT2D eigenvalue weighted by Gasteiger charge is 2.56. The van der Waals surface area contributed by atoms with E-state index >= 15 is 0 Å². The molecule has 0 unspecified atom stereocenters. The zero-order chi connectivity index (χ0) is 12.3. The number of alkyl halides is 1. The lowest BCUT2D eigenvalue weighted by molar-refractivity contribution is -0.169. The number of carbonyl (C=O) groups excluding carboxylic acids is 2. The van der Waals surface area contributed by atoms with Crippen LogP contribution in [0.4, 0.5) is 0 Å². The van der Waals surface area contributed by atoms with E-state index in [0.29, 0.717) is 4.43 Å². The molecule has 0 bridgehead atoms. The maximum Gasteiger partial charge on any atom is 0.323 e. The maximum absolute atomic E-state index is 11.7. The normalized spacial score (nSPS) is 27.5. The van der Waals surface area contributed by atoms with Crippen LogP contribution in [-0.4, -0.2) is 41.8 Å².